The minimum atomic E-state index is -0.919. The van der Waals surface area contributed by atoms with Gasteiger partial charge >= 0.3 is 5.97 Å². The van der Waals surface area contributed by atoms with Gasteiger partial charge in [-0.25, -0.2) is 4.79 Å². The molecule has 1 atom stereocenters. The fourth-order valence-electron chi connectivity index (χ4n) is 1.45. The number of hydrogen-bond donors (Lipinski definition) is 2. The highest BCUT2D eigenvalue weighted by atomic mass is 35.5. The summed E-state index contributed by atoms with van der Waals surface area (Å²) in [5, 5.41) is 5.39. The molecule has 16 heavy (non-hydrogen) atoms. The van der Waals surface area contributed by atoms with Gasteiger partial charge in [0.1, 0.15) is 5.54 Å². The van der Waals surface area contributed by atoms with Crippen LogP contribution in [0.2, 0.25) is 0 Å². The molecule has 0 saturated carbocycles. The number of amides is 1. The molecule has 0 spiro atoms. The Morgan fingerprint density at radius 1 is 1.38 bits per heavy atom. The van der Waals surface area contributed by atoms with Crippen molar-refractivity contribution in [3.63, 3.8) is 0 Å². The second-order valence-electron chi connectivity index (χ2n) is 3.65. The lowest BCUT2D eigenvalue weighted by Gasteiger charge is -2.27. The van der Waals surface area contributed by atoms with Gasteiger partial charge in [-0.1, -0.05) is 13.3 Å². The molecule has 5 nitrogen and oxygen atoms in total. The van der Waals surface area contributed by atoms with Crippen LogP contribution in [0.25, 0.3) is 0 Å². The van der Waals surface area contributed by atoms with E-state index in [2.05, 4.69) is 15.4 Å². The number of methoxy groups -OCH3 is 1. The van der Waals surface area contributed by atoms with Crippen LogP contribution in [0.3, 0.4) is 0 Å². The fourth-order valence-corrected chi connectivity index (χ4v) is 1.45. The van der Waals surface area contributed by atoms with Crippen molar-refractivity contribution in [1.82, 2.24) is 10.6 Å². The molecule has 6 heteroatoms. The molecule has 96 valence electrons. The fraction of sp³-hybridized carbons (Fsp3) is 0.800. The average Bonchev–Trinajstić information content (AvgIpc) is 2.17. The summed E-state index contributed by atoms with van der Waals surface area (Å²) in [5.41, 5.74) is -0.919. The molecule has 0 aliphatic carbocycles. The number of rotatable bonds is 6. The van der Waals surface area contributed by atoms with Crippen molar-refractivity contribution in [1.29, 1.82) is 0 Å². The number of ether oxygens (including phenoxy) is 1. The summed E-state index contributed by atoms with van der Waals surface area (Å²) in [7, 11) is 3.00. The van der Waals surface area contributed by atoms with Crippen LogP contribution in [-0.4, -0.2) is 38.1 Å². The van der Waals surface area contributed by atoms with Crippen LogP contribution < -0.4 is 10.6 Å². The normalized spacial score (nSPS) is 13.2. The first-order valence-corrected chi connectivity index (χ1v) is 5.04. The molecular weight excluding hydrogens is 232 g/mol. The second-order valence-corrected chi connectivity index (χ2v) is 3.65. The van der Waals surface area contributed by atoms with Gasteiger partial charge in [0.05, 0.1) is 13.7 Å². The number of likely N-dealkylation sites (N-methyl/N-ethyl adjacent to an activating group) is 1. The molecule has 0 bridgehead atoms. The molecule has 0 heterocycles. The number of esters is 1. The SMILES string of the molecule is CCCC(C)(NC(=O)CNC)C(=O)OC.Cl. The lowest BCUT2D eigenvalue weighted by atomic mass is 9.96. The molecule has 0 fully saturated rings. The van der Waals surface area contributed by atoms with Gasteiger partial charge in [-0.15, -0.1) is 12.4 Å². The average molecular weight is 253 g/mol. The summed E-state index contributed by atoms with van der Waals surface area (Å²) < 4.78 is 4.67. The zero-order valence-electron chi connectivity index (χ0n) is 10.3. The predicted molar refractivity (Wildman–Crippen MR) is 64.6 cm³/mol. The van der Waals surface area contributed by atoms with E-state index in [4.69, 9.17) is 0 Å². The Labute approximate surface area is 103 Å². The van der Waals surface area contributed by atoms with Crippen molar-refractivity contribution in [2.75, 3.05) is 20.7 Å². The van der Waals surface area contributed by atoms with E-state index in [0.29, 0.717) is 6.42 Å². The molecule has 0 saturated heterocycles. The largest absolute Gasteiger partial charge is 0.467 e. The highest BCUT2D eigenvalue weighted by Crippen LogP contribution is 2.13. The smallest absolute Gasteiger partial charge is 0.331 e. The third-order valence-electron chi connectivity index (χ3n) is 2.14. The summed E-state index contributed by atoms with van der Waals surface area (Å²) in [6.45, 7) is 3.82. The Morgan fingerprint density at radius 2 is 1.94 bits per heavy atom. The molecule has 0 aromatic carbocycles. The maximum absolute atomic E-state index is 11.5. The van der Waals surface area contributed by atoms with E-state index in [-0.39, 0.29) is 24.9 Å². The number of hydrogen-bond acceptors (Lipinski definition) is 4. The van der Waals surface area contributed by atoms with E-state index >= 15 is 0 Å². The zero-order chi connectivity index (χ0) is 11.9. The summed E-state index contributed by atoms with van der Waals surface area (Å²) in [6, 6.07) is 0. The molecule has 2 N–H and O–H groups in total. The van der Waals surface area contributed by atoms with E-state index < -0.39 is 11.5 Å². The first-order chi connectivity index (χ1) is 7.00. The highest BCUT2D eigenvalue weighted by Gasteiger charge is 2.34. The van der Waals surface area contributed by atoms with E-state index in [1.807, 2.05) is 6.92 Å². The third-order valence-corrected chi connectivity index (χ3v) is 2.14. The molecule has 0 aliphatic heterocycles. The van der Waals surface area contributed by atoms with Crippen LogP contribution in [0.15, 0.2) is 0 Å². The topological polar surface area (TPSA) is 67.4 Å². The van der Waals surface area contributed by atoms with Crippen molar-refractivity contribution in [2.24, 2.45) is 0 Å². The van der Waals surface area contributed by atoms with Gasteiger partial charge in [-0.05, 0) is 20.4 Å². The van der Waals surface area contributed by atoms with Gasteiger partial charge in [-0.3, -0.25) is 4.79 Å². The molecule has 0 aromatic heterocycles. The summed E-state index contributed by atoms with van der Waals surface area (Å²) in [5.74, 6) is -0.618. The molecular formula is C10H21ClN2O3. The molecule has 0 aliphatic rings. The third kappa shape index (κ3) is 5.32. The van der Waals surface area contributed by atoms with E-state index in [1.54, 1.807) is 14.0 Å². The van der Waals surface area contributed by atoms with Crippen LogP contribution in [-0.2, 0) is 14.3 Å². The Bertz CT molecular complexity index is 236. The standard InChI is InChI=1S/C10H20N2O3.ClH/c1-5-6-10(2,9(14)15-4)12-8(13)7-11-3;/h11H,5-7H2,1-4H3,(H,12,13);1H. The second kappa shape index (κ2) is 8.35. The van der Waals surface area contributed by atoms with Crippen LogP contribution in [0, 0.1) is 0 Å². The predicted octanol–water partition coefficient (Wildman–Crippen LogP) is 0.476. The van der Waals surface area contributed by atoms with E-state index in [0.717, 1.165) is 6.42 Å². The van der Waals surface area contributed by atoms with Crippen LogP contribution in [0.4, 0.5) is 0 Å². The number of carbonyl (C=O) groups excluding carboxylic acids is 2. The molecule has 1 amide bonds. The van der Waals surface area contributed by atoms with Gasteiger partial charge < -0.3 is 15.4 Å². The van der Waals surface area contributed by atoms with Crippen molar-refractivity contribution >= 4 is 24.3 Å². The van der Waals surface area contributed by atoms with Crippen molar-refractivity contribution in [3.8, 4) is 0 Å². The van der Waals surface area contributed by atoms with Crippen LogP contribution >= 0.6 is 12.4 Å². The summed E-state index contributed by atoms with van der Waals surface area (Å²) >= 11 is 0. The lowest BCUT2D eigenvalue weighted by molar-refractivity contribution is -0.150. The minimum absolute atomic E-state index is 0. The minimum Gasteiger partial charge on any atom is -0.467 e. The van der Waals surface area contributed by atoms with Gasteiger partial charge in [-0.2, -0.15) is 0 Å². The van der Waals surface area contributed by atoms with Crippen molar-refractivity contribution in [2.45, 2.75) is 32.2 Å². The number of halogens is 1. The number of carbonyl (C=O) groups is 2. The van der Waals surface area contributed by atoms with E-state index in [1.165, 1.54) is 7.11 Å². The van der Waals surface area contributed by atoms with Crippen molar-refractivity contribution < 1.29 is 14.3 Å². The first kappa shape index (κ1) is 17.6. The lowest BCUT2D eigenvalue weighted by Crippen LogP contribution is -2.54. The monoisotopic (exact) mass is 252 g/mol. The maximum Gasteiger partial charge on any atom is 0.331 e. The Kier molecular flexibility index (Phi) is 9.18. The Morgan fingerprint density at radius 3 is 2.31 bits per heavy atom. The van der Waals surface area contributed by atoms with Gasteiger partial charge in [0.25, 0.3) is 0 Å². The quantitative estimate of drug-likeness (QED) is 0.675. The highest BCUT2D eigenvalue weighted by molar-refractivity contribution is 5.88. The molecule has 0 rings (SSSR count). The van der Waals surface area contributed by atoms with Crippen LogP contribution in [0.5, 0.6) is 0 Å². The molecule has 0 aromatic rings. The van der Waals surface area contributed by atoms with Gasteiger partial charge in [0.15, 0.2) is 0 Å². The zero-order valence-corrected chi connectivity index (χ0v) is 11.1. The van der Waals surface area contributed by atoms with Crippen molar-refractivity contribution in [3.05, 3.63) is 0 Å². The summed E-state index contributed by atoms with van der Waals surface area (Å²) in [4.78, 5) is 22.9. The maximum atomic E-state index is 11.5. The van der Waals surface area contributed by atoms with Gasteiger partial charge in [0, 0.05) is 0 Å². The summed E-state index contributed by atoms with van der Waals surface area (Å²) in [6.07, 6.45) is 1.36. The molecule has 1 unspecified atom stereocenters. The Balaban J connectivity index is 0. The van der Waals surface area contributed by atoms with Gasteiger partial charge in [0.2, 0.25) is 5.91 Å². The Hall–Kier alpha value is -0.810. The van der Waals surface area contributed by atoms with E-state index in [9.17, 15) is 9.59 Å². The molecule has 0 radical (unpaired) electrons. The number of nitrogens with one attached hydrogen (secondary N) is 2. The van der Waals surface area contributed by atoms with Crippen LogP contribution in [0.1, 0.15) is 26.7 Å². The first-order valence-electron chi connectivity index (χ1n) is 5.04.